The van der Waals surface area contributed by atoms with Crippen LogP contribution >= 0.6 is 0 Å². The lowest BCUT2D eigenvalue weighted by Gasteiger charge is -2.24. The quantitative estimate of drug-likeness (QED) is 0.926. The zero-order valence-corrected chi connectivity index (χ0v) is 13.9. The maximum Gasteiger partial charge on any atom is 0.410 e. The van der Waals surface area contributed by atoms with E-state index in [1.165, 1.54) is 4.90 Å². The van der Waals surface area contributed by atoms with Gasteiger partial charge < -0.3 is 19.5 Å². The van der Waals surface area contributed by atoms with Gasteiger partial charge in [0.05, 0.1) is 13.0 Å². The van der Waals surface area contributed by atoms with Crippen molar-refractivity contribution in [3.63, 3.8) is 0 Å². The van der Waals surface area contributed by atoms with Crippen LogP contribution in [0, 0.1) is 5.92 Å². The molecular weight excluding hydrogens is 298 g/mol. The molecule has 1 fully saturated rings. The van der Waals surface area contributed by atoms with E-state index >= 15 is 0 Å². The van der Waals surface area contributed by atoms with Gasteiger partial charge in [0.25, 0.3) is 0 Å². The van der Waals surface area contributed by atoms with Gasteiger partial charge >= 0.3 is 12.1 Å². The van der Waals surface area contributed by atoms with Gasteiger partial charge in [0, 0.05) is 19.0 Å². The predicted molar refractivity (Wildman–Crippen MR) is 84.7 cm³/mol. The maximum atomic E-state index is 12.2. The van der Waals surface area contributed by atoms with Crippen LogP contribution < -0.4 is 4.74 Å². The number of hydrogen-bond donors (Lipinski definition) is 1. The second kappa shape index (κ2) is 6.48. The van der Waals surface area contributed by atoms with Gasteiger partial charge in [-0.1, -0.05) is 18.2 Å². The molecule has 0 bridgehead atoms. The largest absolute Gasteiger partial charge is 0.496 e. The van der Waals surface area contributed by atoms with Gasteiger partial charge in [-0.15, -0.1) is 0 Å². The summed E-state index contributed by atoms with van der Waals surface area (Å²) in [6, 6.07) is 7.31. The van der Waals surface area contributed by atoms with E-state index in [2.05, 4.69) is 0 Å². The molecule has 2 rings (SSSR count). The number of carboxylic acid groups (broad SMARTS) is 1. The van der Waals surface area contributed by atoms with E-state index in [0.717, 1.165) is 5.56 Å². The topological polar surface area (TPSA) is 76.1 Å². The van der Waals surface area contributed by atoms with Crippen LogP contribution in [0.3, 0.4) is 0 Å². The van der Waals surface area contributed by atoms with Crippen molar-refractivity contribution < 1.29 is 24.2 Å². The van der Waals surface area contributed by atoms with Crippen LogP contribution in [0.15, 0.2) is 24.3 Å². The summed E-state index contributed by atoms with van der Waals surface area (Å²) in [5, 5.41) is 9.52. The Hall–Kier alpha value is -2.24. The van der Waals surface area contributed by atoms with Gasteiger partial charge in [0.15, 0.2) is 0 Å². The summed E-state index contributed by atoms with van der Waals surface area (Å²) in [7, 11) is 1.55. The van der Waals surface area contributed by atoms with E-state index in [1.807, 2.05) is 18.2 Å². The highest BCUT2D eigenvalue weighted by Gasteiger charge is 2.42. The molecule has 23 heavy (non-hydrogen) atoms. The SMILES string of the molecule is COc1ccccc1[C@@H]1CN(C(=O)OC(C)(C)C)C[C@H]1C(=O)O. The molecule has 6 nitrogen and oxygen atoms in total. The average Bonchev–Trinajstić information content (AvgIpc) is 2.90. The number of benzene rings is 1. The normalized spacial score (nSPS) is 21.1. The summed E-state index contributed by atoms with van der Waals surface area (Å²) in [6.07, 6.45) is -0.485. The Morgan fingerprint density at radius 2 is 1.87 bits per heavy atom. The second-order valence-electron chi connectivity index (χ2n) is 6.68. The third kappa shape index (κ3) is 3.94. The molecule has 126 valence electrons. The lowest BCUT2D eigenvalue weighted by atomic mass is 9.88. The van der Waals surface area contributed by atoms with Gasteiger partial charge in [-0.25, -0.2) is 4.79 Å². The highest BCUT2D eigenvalue weighted by atomic mass is 16.6. The summed E-state index contributed by atoms with van der Waals surface area (Å²) in [5.41, 5.74) is 0.187. The Labute approximate surface area is 136 Å². The number of ether oxygens (including phenoxy) is 2. The van der Waals surface area contributed by atoms with Crippen LogP contribution in [0.1, 0.15) is 32.3 Å². The minimum Gasteiger partial charge on any atom is -0.496 e. The molecule has 2 atom stereocenters. The standard InChI is InChI=1S/C17H23NO5/c1-17(2,3)23-16(21)18-9-12(13(10-18)15(19)20)11-7-5-6-8-14(11)22-4/h5-8,12-13H,9-10H2,1-4H3,(H,19,20)/t12-,13+/m0/s1. The van der Waals surface area contributed by atoms with Crippen LogP contribution in [0.4, 0.5) is 4.79 Å². The van der Waals surface area contributed by atoms with Gasteiger partial charge in [-0.2, -0.15) is 0 Å². The maximum absolute atomic E-state index is 12.2. The van der Waals surface area contributed by atoms with Crippen LogP contribution in [-0.4, -0.2) is 47.9 Å². The summed E-state index contributed by atoms with van der Waals surface area (Å²) >= 11 is 0. The first kappa shape index (κ1) is 17.1. The number of carbonyl (C=O) groups is 2. The van der Waals surface area contributed by atoms with Crippen LogP contribution in [0.25, 0.3) is 0 Å². The van der Waals surface area contributed by atoms with Crippen molar-refractivity contribution in [2.24, 2.45) is 5.92 Å². The molecule has 0 aliphatic carbocycles. The predicted octanol–water partition coefficient (Wildman–Crippen LogP) is 2.73. The summed E-state index contributed by atoms with van der Waals surface area (Å²) in [5.74, 6) is -1.29. The molecule has 1 N–H and O–H groups in total. The number of carboxylic acids is 1. The van der Waals surface area contributed by atoms with E-state index in [4.69, 9.17) is 9.47 Å². The fraction of sp³-hybridized carbons (Fsp3) is 0.529. The number of para-hydroxylation sites is 1. The van der Waals surface area contributed by atoms with Crippen molar-refractivity contribution in [1.82, 2.24) is 4.90 Å². The molecule has 1 aromatic rings. The molecule has 0 unspecified atom stereocenters. The number of likely N-dealkylation sites (tertiary alicyclic amines) is 1. The molecule has 1 heterocycles. The molecule has 0 radical (unpaired) electrons. The van der Waals surface area contributed by atoms with Gasteiger partial charge in [-0.05, 0) is 32.4 Å². The molecule has 0 spiro atoms. The van der Waals surface area contributed by atoms with E-state index in [9.17, 15) is 14.7 Å². The zero-order valence-electron chi connectivity index (χ0n) is 13.9. The first-order valence-corrected chi connectivity index (χ1v) is 7.56. The van der Waals surface area contributed by atoms with Crippen molar-refractivity contribution in [3.05, 3.63) is 29.8 Å². The Morgan fingerprint density at radius 1 is 1.22 bits per heavy atom. The summed E-state index contributed by atoms with van der Waals surface area (Å²) in [6.45, 7) is 5.79. The van der Waals surface area contributed by atoms with Crippen LogP contribution in [0.2, 0.25) is 0 Å². The first-order valence-electron chi connectivity index (χ1n) is 7.56. The van der Waals surface area contributed by atoms with Crippen molar-refractivity contribution in [2.75, 3.05) is 20.2 Å². The molecule has 1 amide bonds. The van der Waals surface area contributed by atoms with Crippen LogP contribution in [0.5, 0.6) is 5.75 Å². The average molecular weight is 321 g/mol. The fourth-order valence-electron chi connectivity index (χ4n) is 2.82. The molecule has 1 aliphatic rings. The van der Waals surface area contributed by atoms with Crippen molar-refractivity contribution >= 4 is 12.1 Å². The smallest absolute Gasteiger partial charge is 0.410 e. The number of nitrogens with zero attached hydrogens (tertiary/aromatic N) is 1. The van der Waals surface area contributed by atoms with Gasteiger partial charge in [-0.3, -0.25) is 4.79 Å². The lowest BCUT2D eigenvalue weighted by molar-refractivity contribution is -0.141. The van der Waals surface area contributed by atoms with Gasteiger partial charge in [0.2, 0.25) is 0 Å². The van der Waals surface area contributed by atoms with Gasteiger partial charge in [0.1, 0.15) is 11.4 Å². The highest BCUT2D eigenvalue weighted by molar-refractivity contribution is 5.76. The van der Waals surface area contributed by atoms with E-state index in [-0.39, 0.29) is 12.5 Å². The Balaban J connectivity index is 2.25. The molecule has 0 aromatic heterocycles. The second-order valence-corrected chi connectivity index (χ2v) is 6.68. The minimum atomic E-state index is -0.924. The highest BCUT2D eigenvalue weighted by Crippen LogP contribution is 2.38. The summed E-state index contributed by atoms with van der Waals surface area (Å²) < 4.78 is 10.7. The van der Waals surface area contributed by atoms with E-state index in [1.54, 1.807) is 33.9 Å². The number of aliphatic carboxylic acids is 1. The van der Waals surface area contributed by atoms with Crippen LogP contribution in [-0.2, 0) is 9.53 Å². The lowest BCUT2D eigenvalue weighted by Crippen LogP contribution is -2.35. The van der Waals surface area contributed by atoms with Crippen molar-refractivity contribution in [1.29, 1.82) is 0 Å². The third-order valence-corrected chi connectivity index (χ3v) is 3.83. The molecular formula is C17H23NO5. The van der Waals surface area contributed by atoms with E-state index < -0.39 is 23.6 Å². The number of carbonyl (C=O) groups excluding carboxylic acids is 1. The molecule has 0 saturated carbocycles. The van der Waals surface area contributed by atoms with Crippen molar-refractivity contribution in [3.8, 4) is 5.75 Å². The number of rotatable bonds is 3. The first-order chi connectivity index (χ1) is 10.7. The third-order valence-electron chi connectivity index (χ3n) is 3.83. The minimum absolute atomic E-state index is 0.132. The number of methoxy groups -OCH3 is 1. The zero-order chi connectivity index (χ0) is 17.2. The number of hydrogen-bond acceptors (Lipinski definition) is 4. The Bertz CT molecular complexity index is 593. The monoisotopic (exact) mass is 321 g/mol. The number of amides is 1. The molecule has 1 aromatic carbocycles. The molecule has 6 heteroatoms. The van der Waals surface area contributed by atoms with E-state index in [0.29, 0.717) is 12.3 Å². The Kier molecular flexibility index (Phi) is 4.82. The molecule has 1 saturated heterocycles. The van der Waals surface area contributed by atoms with Crippen molar-refractivity contribution in [2.45, 2.75) is 32.3 Å². The fourth-order valence-corrected chi connectivity index (χ4v) is 2.82. The summed E-state index contributed by atoms with van der Waals surface area (Å²) in [4.78, 5) is 25.3. The Morgan fingerprint density at radius 3 is 2.43 bits per heavy atom. The molecule has 1 aliphatic heterocycles.